The molecule has 0 saturated carbocycles. The van der Waals surface area contributed by atoms with E-state index in [1.165, 1.54) is 4.90 Å². The van der Waals surface area contributed by atoms with E-state index in [-0.39, 0.29) is 11.9 Å². The van der Waals surface area contributed by atoms with Gasteiger partial charge in [0.05, 0.1) is 12.2 Å². The standard InChI is InChI=1S/C26H25BrN6O4/c1-16(34)32-11-9-26(10-12-32)36-21-8-7-18(13-22(21)37-26)29-24-28-14-17-15-33(20-6-4-3-5-19(20)27)25(35)31(2)23(17)30-24/h3-8,13-14H,9-12,15H2,1-2H3,(H,28,29,30). The number of halogens is 1. The molecule has 11 heteroatoms. The van der Waals surface area contributed by atoms with E-state index in [2.05, 4.69) is 31.2 Å². The molecular formula is C26H25BrN6O4. The molecule has 0 atom stereocenters. The molecule has 0 bridgehead atoms. The number of urea groups is 1. The maximum Gasteiger partial charge on any atom is 0.330 e. The van der Waals surface area contributed by atoms with Gasteiger partial charge in [-0.05, 0) is 40.2 Å². The summed E-state index contributed by atoms with van der Waals surface area (Å²) in [4.78, 5) is 38.9. The molecule has 6 rings (SSSR count). The molecule has 4 heterocycles. The predicted molar refractivity (Wildman–Crippen MR) is 141 cm³/mol. The number of rotatable bonds is 3. The highest BCUT2D eigenvalue weighted by atomic mass is 79.9. The van der Waals surface area contributed by atoms with Gasteiger partial charge in [-0.3, -0.25) is 14.6 Å². The number of aromatic nitrogens is 2. The first kappa shape index (κ1) is 23.5. The Bertz CT molecular complexity index is 1410. The molecule has 190 valence electrons. The van der Waals surface area contributed by atoms with Crippen molar-refractivity contribution in [2.75, 3.05) is 35.3 Å². The van der Waals surface area contributed by atoms with E-state index in [0.717, 1.165) is 21.4 Å². The molecular weight excluding hydrogens is 540 g/mol. The molecule has 1 saturated heterocycles. The van der Waals surface area contributed by atoms with E-state index >= 15 is 0 Å². The van der Waals surface area contributed by atoms with E-state index in [9.17, 15) is 9.59 Å². The van der Waals surface area contributed by atoms with E-state index in [1.807, 2.05) is 42.5 Å². The van der Waals surface area contributed by atoms with Crippen molar-refractivity contribution in [3.63, 3.8) is 0 Å². The van der Waals surface area contributed by atoms with Crippen LogP contribution in [0.2, 0.25) is 0 Å². The number of nitrogens with one attached hydrogen (secondary N) is 1. The number of carbonyl (C=O) groups is 2. The van der Waals surface area contributed by atoms with Crippen molar-refractivity contribution in [1.29, 1.82) is 0 Å². The van der Waals surface area contributed by atoms with Gasteiger partial charge in [-0.25, -0.2) is 9.78 Å². The van der Waals surface area contributed by atoms with Crippen LogP contribution in [0.15, 0.2) is 53.1 Å². The number of amides is 3. The number of hydrogen-bond donors (Lipinski definition) is 1. The Balaban J connectivity index is 1.19. The summed E-state index contributed by atoms with van der Waals surface area (Å²) >= 11 is 3.53. The summed E-state index contributed by atoms with van der Waals surface area (Å²) in [5.74, 6) is 1.56. The Kier molecular flexibility index (Phi) is 5.67. The quantitative estimate of drug-likeness (QED) is 0.493. The third-order valence-corrected chi connectivity index (χ3v) is 7.58. The lowest BCUT2D eigenvalue weighted by Crippen LogP contribution is -2.50. The van der Waals surface area contributed by atoms with E-state index < -0.39 is 5.79 Å². The Hall–Kier alpha value is -3.86. The smallest absolute Gasteiger partial charge is 0.330 e. The Morgan fingerprint density at radius 3 is 2.62 bits per heavy atom. The summed E-state index contributed by atoms with van der Waals surface area (Å²) in [7, 11) is 1.71. The first-order chi connectivity index (χ1) is 17.8. The van der Waals surface area contributed by atoms with Crippen LogP contribution in [0.25, 0.3) is 0 Å². The number of nitrogens with zero attached hydrogens (tertiary/aromatic N) is 5. The Morgan fingerprint density at radius 2 is 1.86 bits per heavy atom. The van der Waals surface area contributed by atoms with Crippen molar-refractivity contribution < 1.29 is 19.1 Å². The van der Waals surface area contributed by atoms with E-state index in [4.69, 9.17) is 9.47 Å². The highest BCUT2D eigenvalue weighted by Crippen LogP contribution is 2.45. The van der Waals surface area contributed by atoms with Crippen LogP contribution in [0, 0.1) is 0 Å². The number of fused-ring (bicyclic) bond motifs is 2. The van der Waals surface area contributed by atoms with Crippen LogP contribution in [-0.2, 0) is 11.3 Å². The second-order valence-corrected chi connectivity index (χ2v) is 10.2. The maximum atomic E-state index is 13.1. The van der Waals surface area contributed by atoms with Crippen molar-refractivity contribution in [2.45, 2.75) is 32.1 Å². The number of para-hydroxylation sites is 1. The van der Waals surface area contributed by atoms with Crippen LogP contribution in [0.4, 0.5) is 27.9 Å². The van der Waals surface area contributed by atoms with Gasteiger partial charge in [0.2, 0.25) is 11.9 Å². The number of anilines is 4. The molecule has 3 aromatic rings. The zero-order valence-electron chi connectivity index (χ0n) is 20.4. The van der Waals surface area contributed by atoms with Crippen molar-refractivity contribution >= 4 is 51.0 Å². The van der Waals surface area contributed by atoms with Gasteiger partial charge in [0, 0.05) is 67.9 Å². The molecule has 1 N–H and O–H groups in total. The maximum absolute atomic E-state index is 13.1. The Morgan fingerprint density at radius 1 is 1.11 bits per heavy atom. The average molecular weight is 565 g/mol. The number of piperidine rings is 1. The molecule has 10 nitrogen and oxygen atoms in total. The van der Waals surface area contributed by atoms with E-state index in [1.54, 1.807) is 30.0 Å². The summed E-state index contributed by atoms with van der Waals surface area (Å²) in [5.41, 5.74) is 2.37. The fourth-order valence-electron chi connectivity index (χ4n) is 4.90. The highest BCUT2D eigenvalue weighted by Gasteiger charge is 2.44. The van der Waals surface area contributed by atoms with Crippen molar-refractivity contribution in [3.8, 4) is 11.5 Å². The Labute approximate surface area is 222 Å². The van der Waals surface area contributed by atoms with Gasteiger partial charge in [-0.15, -0.1) is 0 Å². The second kappa shape index (κ2) is 8.91. The molecule has 2 aromatic carbocycles. The van der Waals surface area contributed by atoms with E-state index in [0.29, 0.717) is 55.7 Å². The summed E-state index contributed by atoms with van der Waals surface area (Å²) in [5, 5.41) is 3.21. The third kappa shape index (κ3) is 4.22. The highest BCUT2D eigenvalue weighted by molar-refractivity contribution is 9.10. The third-order valence-electron chi connectivity index (χ3n) is 6.91. The minimum absolute atomic E-state index is 0.0647. The number of hydrogen-bond acceptors (Lipinski definition) is 7. The van der Waals surface area contributed by atoms with Gasteiger partial charge in [-0.1, -0.05) is 12.1 Å². The van der Waals surface area contributed by atoms with Crippen molar-refractivity contribution in [1.82, 2.24) is 14.9 Å². The first-order valence-corrected chi connectivity index (χ1v) is 12.8. The van der Waals surface area contributed by atoms with Crippen LogP contribution in [0.3, 0.4) is 0 Å². The second-order valence-electron chi connectivity index (χ2n) is 9.33. The SMILES string of the molecule is CC(=O)N1CCC2(CC1)Oc1ccc(Nc3ncc4c(n3)N(C)C(=O)N(c3ccccc3Br)C4)cc1O2. The molecule has 37 heavy (non-hydrogen) atoms. The fraction of sp³-hybridized carbons (Fsp3) is 0.308. The van der Waals surface area contributed by atoms with Crippen molar-refractivity contribution in [2.24, 2.45) is 0 Å². The molecule has 3 aliphatic rings. The number of benzene rings is 2. The normalized spacial score (nSPS) is 17.7. The van der Waals surface area contributed by atoms with Gasteiger partial charge in [0.15, 0.2) is 11.5 Å². The van der Waals surface area contributed by atoms with Gasteiger partial charge in [0.1, 0.15) is 5.82 Å². The topological polar surface area (TPSA) is 100 Å². The average Bonchev–Trinajstić information content (AvgIpc) is 3.24. The van der Waals surface area contributed by atoms with Gasteiger partial charge >= 0.3 is 6.03 Å². The van der Waals surface area contributed by atoms with Crippen LogP contribution in [0.1, 0.15) is 25.3 Å². The molecule has 0 aliphatic carbocycles. The molecule has 1 aromatic heterocycles. The van der Waals surface area contributed by atoms with Crippen LogP contribution < -0.4 is 24.6 Å². The fourth-order valence-corrected chi connectivity index (χ4v) is 5.39. The van der Waals surface area contributed by atoms with Crippen LogP contribution in [-0.4, -0.2) is 52.7 Å². The summed E-state index contributed by atoms with van der Waals surface area (Å²) in [6.07, 6.45) is 2.95. The van der Waals surface area contributed by atoms with Crippen LogP contribution >= 0.6 is 15.9 Å². The van der Waals surface area contributed by atoms with Crippen molar-refractivity contribution in [3.05, 3.63) is 58.7 Å². The zero-order valence-corrected chi connectivity index (χ0v) is 22.0. The molecule has 0 radical (unpaired) electrons. The van der Waals surface area contributed by atoms with Gasteiger partial charge in [-0.2, -0.15) is 4.98 Å². The van der Waals surface area contributed by atoms with Gasteiger partial charge < -0.3 is 19.7 Å². The minimum atomic E-state index is -0.738. The molecule has 1 fully saturated rings. The number of likely N-dealkylation sites (tertiary alicyclic amines) is 1. The lowest BCUT2D eigenvalue weighted by Gasteiger charge is -2.36. The molecule has 3 aliphatic heterocycles. The first-order valence-electron chi connectivity index (χ1n) is 12.0. The lowest BCUT2D eigenvalue weighted by atomic mass is 10.0. The number of carbonyl (C=O) groups excluding carboxylic acids is 2. The molecule has 0 unspecified atom stereocenters. The molecule has 1 spiro atoms. The molecule has 3 amide bonds. The largest absolute Gasteiger partial charge is 0.448 e. The lowest BCUT2D eigenvalue weighted by molar-refractivity contribution is -0.144. The minimum Gasteiger partial charge on any atom is -0.448 e. The predicted octanol–water partition coefficient (Wildman–Crippen LogP) is 4.67. The summed E-state index contributed by atoms with van der Waals surface area (Å²) in [6, 6.07) is 13.0. The van der Waals surface area contributed by atoms with Crippen LogP contribution in [0.5, 0.6) is 11.5 Å². The summed E-state index contributed by atoms with van der Waals surface area (Å²) < 4.78 is 13.2. The zero-order chi connectivity index (χ0) is 25.7. The summed E-state index contributed by atoms with van der Waals surface area (Å²) in [6.45, 7) is 3.15. The monoisotopic (exact) mass is 564 g/mol. The number of ether oxygens (including phenoxy) is 2. The van der Waals surface area contributed by atoms with Gasteiger partial charge in [0.25, 0.3) is 5.79 Å².